The maximum Gasteiger partial charge on any atom is 0.294 e. The van der Waals surface area contributed by atoms with Gasteiger partial charge in [0.05, 0.1) is 12.0 Å². The number of nitro benzene ring substituents is 1. The highest BCUT2D eigenvalue weighted by atomic mass is 35.5. The Bertz CT molecular complexity index is 861. The van der Waals surface area contributed by atoms with E-state index in [1.165, 1.54) is 6.07 Å². The van der Waals surface area contributed by atoms with Gasteiger partial charge in [0.2, 0.25) is 0 Å². The van der Waals surface area contributed by atoms with E-state index in [-0.39, 0.29) is 11.6 Å². The fourth-order valence-corrected chi connectivity index (χ4v) is 3.58. The number of carbonyl (C=O) groups is 1. The minimum absolute atomic E-state index is 0.00908. The second kappa shape index (κ2) is 8.62. The van der Waals surface area contributed by atoms with Crippen LogP contribution >= 0.6 is 11.6 Å². The molecule has 9 heteroatoms. The van der Waals surface area contributed by atoms with Crippen LogP contribution in [0.25, 0.3) is 0 Å². The number of hydrogen-bond acceptors (Lipinski definition) is 5. The third kappa shape index (κ3) is 4.82. The molecule has 1 aromatic carbocycles. The molecule has 2 heterocycles. The van der Waals surface area contributed by atoms with Gasteiger partial charge in [-0.05, 0) is 31.2 Å². The molecule has 150 valence electrons. The zero-order chi connectivity index (χ0) is 20.3. The third-order valence-electron chi connectivity index (χ3n) is 4.83. The SMILES string of the molecule is Cc1ccc(C[NH+](C)CC(=O)N2CCN(c3ccc(Cl)cc3[N+](=O)[O-])CC2)o1. The molecule has 0 radical (unpaired) electrons. The molecule has 0 spiro atoms. The number of aryl methyl sites for hydroxylation is 1. The molecule has 0 aliphatic carbocycles. The predicted molar refractivity (Wildman–Crippen MR) is 106 cm³/mol. The van der Waals surface area contributed by atoms with Crippen LogP contribution in [-0.4, -0.2) is 55.5 Å². The maximum absolute atomic E-state index is 12.6. The fraction of sp³-hybridized carbons (Fsp3) is 0.421. The van der Waals surface area contributed by atoms with E-state index in [4.69, 9.17) is 16.0 Å². The number of nitrogens with zero attached hydrogens (tertiary/aromatic N) is 3. The molecule has 1 saturated heterocycles. The standard InChI is InChI=1S/C19H23ClN4O4/c1-14-3-5-16(28-14)12-21(2)13-19(25)23-9-7-22(8-10-23)17-6-4-15(20)11-18(17)24(26)27/h3-6,11H,7-10,12-13H2,1-2H3/p+1. The summed E-state index contributed by atoms with van der Waals surface area (Å²) in [7, 11) is 1.96. The minimum atomic E-state index is -0.423. The molecular formula is C19H24ClN4O4+. The van der Waals surface area contributed by atoms with Crippen molar-refractivity contribution in [3.63, 3.8) is 0 Å². The van der Waals surface area contributed by atoms with Gasteiger partial charge in [0.15, 0.2) is 12.3 Å². The molecule has 1 unspecified atom stereocenters. The summed E-state index contributed by atoms with van der Waals surface area (Å²) in [5.74, 6) is 1.80. The zero-order valence-corrected chi connectivity index (χ0v) is 16.7. The Morgan fingerprint density at radius 2 is 1.96 bits per heavy atom. The summed E-state index contributed by atoms with van der Waals surface area (Å²) in [5.41, 5.74) is 0.530. The fourth-order valence-electron chi connectivity index (χ4n) is 3.42. The van der Waals surface area contributed by atoms with Gasteiger partial charge in [0.1, 0.15) is 18.0 Å². The van der Waals surface area contributed by atoms with Crippen molar-refractivity contribution in [2.75, 3.05) is 44.7 Å². The minimum Gasteiger partial charge on any atom is -0.460 e. The van der Waals surface area contributed by atoms with Crippen molar-refractivity contribution in [2.45, 2.75) is 13.5 Å². The number of likely N-dealkylation sites (N-methyl/N-ethyl adjacent to an activating group) is 1. The Morgan fingerprint density at radius 3 is 2.57 bits per heavy atom. The van der Waals surface area contributed by atoms with Gasteiger partial charge in [-0.2, -0.15) is 0 Å². The van der Waals surface area contributed by atoms with Gasteiger partial charge in [0, 0.05) is 37.3 Å². The quantitative estimate of drug-likeness (QED) is 0.579. The topological polar surface area (TPSA) is 84.3 Å². The highest BCUT2D eigenvalue weighted by Crippen LogP contribution is 2.31. The second-order valence-electron chi connectivity index (χ2n) is 7.08. The molecule has 3 rings (SSSR count). The van der Waals surface area contributed by atoms with E-state index in [2.05, 4.69) is 0 Å². The lowest BCUT2D eigenvalue weighted by Gasteiger charge is -2.35. The van der Waals surface area contributed by atoms with Gasteiger partial charge in [-0.1, -0.05) is 11.6 Å². The van der Waals surface area contributed by atoms with E-state index in [9.17, 15) is 14.9 Å². The predicted octanol–water partition coefficient (Wildman–Crippen LogP) is 1.51. The van der Waals surface area contributed by atoms with Crippen molar-refractivity contribution in [3.8, 4) is 0 Å². The summed E-state index contributed by atoms with van der Waals surface area (Å²) in [6.45, 7) is 5.08. The van der Waals surface area contributed by atoms with Gasteiger partial charge in [0.25, 0.3) is 11.6 Å². The Kier molecular flexibility index (Phi) is 6.21. The van der Waals surface area contributed by atoms with Crippen LogP contribution in [0.1, 0.15) is 11.5 Å². The molecule has 0 saturated carbocycles. The highest BCUT2D eigenvalue weighted by Gasteiger charge is 2.27. The molecular weight excluding hydrogens is 384 g/mol. The summed E-state index contributed by atoms with van der Waals surface area (Å²) >= 11 is 5.89. The van der Waals surface area contributed by atoms with E-state index in [1.54, 1.807) is 12.1 Å². The van der Waals surface area contributed by atoms with Gasteiger partial charge in [-0.3, -0.25) is 14.9 Å². The van der Waals surface area contributed by atoms with Crippen LogP contribution in [0, 0.1) is 17.0 Å². The number of nitrogens with one attached hydrogen (secondary N) is 1. The van der Waals surface area contributed by atoms with E-state index in [0.29, 0.717) is 50.0 Å². The number of hydrogen-bond donors (Lipinski definition) is 1. The Balaban J connectivity index is 1.55. The van der Waals surface area contributed by atoms with Crippen LogP contribution in [0.3, 0.4) is 0 Å². The number of halogens is 1. The highest BCUT2D eigenvalue weighted by molar-refractivity contribution is 6.30. The van der Waals surface area contributed by atoms with Crippen LogP contribution in [0.4, 0.5) is 11.4 Å². The van der Waals surface area contributed by atoms with Crippen molar-refractivity contribution in [1.29, 1.82) is 0 Å². The smallest absolute Gasteiger partial charge is 0.294 e. The normalized spacial score (nSPS) is 15.5. The van der Waals surface area contributed by atoms with Gasteiger partial charge in [-0.15, -0.1) is 0 Å². The number of piperazine rings is 1. The number of quaternary nitrogens is 1. The number of carbonyl (C=O) groups excluding carboxylic acids is 1. The van der Waals surface area contributed by atoms with Gasteiger partial charge < -0.3 is 19.1 Å². The average molecular weight is 408 g/mol. The monoisotopic (exact) mass is 407 g/mol. The van der Waals surface area contributed by atoms with Crippen LogP contribution in [0.2, 0.25) is 5.02 Å². The number of furan rings is 1. The Labute approximate surface area is 168 Å². The average Bonchev–Trinajstić information content (AvgIpc) is 3.06. The number of nitro groups is 1. The molecule has 1 fully saturated rings. The van der Waals surface area contributed by atoms with Gasteiger partial charge >= 0.3 is 0 Å². The van der Waals surface area contributed by atoms with Crippen LogP contribution in [0.15, 0.2) is 34.7 Å². The van der Waals surface area contributed by atoms with Crippen molar-refractivity contribution >= 4 is 28.9 Å². The molecule has 1 amide bonds. The zero-order valence-electron chi connectivity index (χ0n) is 16.0. The summed E-state index contributed by atoms with van der Waals surface area (Å²) in [4.78, 5) is 28.3. The maximum atomic E-state index is 12.6. The molecule has 1 aliphatic heterocycles. The molecule has 1 atom stereocenters. The summed E-state index contributed by atoms with van der Waals surface area (Å²) in [6, 6.07) is 8.53. The number of amides is 1. The Morgan fingerprint density at radius 1 is 1.25 bits per heavy atom. The molecule has 1 aromatic heterocycles. The first-order chi connectivity index (χ1) is 13.3. The Hall–Kier alpha value is -2.58. The van der Waals surface area contributed by atoms with E-state index in [1.807, 2.05) is 35.9 Å². The first-order valence-corrected chi connectivity index (χ1v) is 9.54. The van der Waals surface area contributed by atoms with Crippen LogP contribution in [0.5, 0.6) is 0 Å². The van der Waals surface area contributed by atoms with Crippen molar-refractivity contribution in [3.05, 3.63) is 57.0 Å². The molecule has 8 nitrogen and oxygen atoms in total. The van der Waals surface area contributed by atoms with Gasteiger partial charge in [-0.25, -0.2) is 0 Å². The van der Waals surface area contributed by atoms with Crippen molar-refractivity contribution in [1.82, 2.24) is 4.90 Å². The number of benzene rings is 1. The molecule has 0 bridgehead atoms. The lowest BCUT2D eigenvalue weighted by molar-refractivity contribution is -0.886. The first-order valence-electron chi connectivity index (χ1n) is 9.17. The molecule has 28 heavy (non-hydrogen) atoms. The summed E-state index contributed by atoms with van der Waals surface area (Å²) < 4.78 is 5.57. The summed E-state index contributed by atoms with van der Waals surface area (Å²) in [5, 5.41) is 11.6. The lowest BCUT2D eigenvalue weighted by atomic mass is 10.2. The van der Waals surface area contributed by atoms with E-state index >= 15 is 0 Å². The summed E-state index contributed by atoms with van der Waals surface area (Å²) in [6.07, 6.45) is 0. The number of anilines is 1. The largest absolute Gasteiger partial charge is 0.460 e. The lowest BCUT2D eigenvalue weighted by Crippen LogP contribution is -3.08. The molecule has 2 aromatic rings. The van der Waals surface area contributed by atoms with Crippen LogP contribution in [-0.2, 0) is 11.3 Å². The third-order valence-corrected chi connectivity index (χ3v) is 5.07. The van der Waals surface area contributed by atoms with Crippen LogP contribution < -0.4 is 9.80 Å². The first kappa shape index (κ1) is 20.2. The van der Waals surface area contributed by atoms with Crippen molar-refractivity contribution < 1.29 is 19.0 Å². The molecule has 1 N–H and O–H groups in total. The second-order valence-corrected chi connectivity index (χ2v) is 7.52. The van der Waals surface area contributed by atoms with Crippen molar-refractivity contribution in [2.24, 2.45) is 0 Å². The van der Waals surface area contributed by atoms with E-state index in [0.717, 1.165) is 16.4 Å². The molecule has 1 aliphatic rings. The van der Waals surface area contributed by atoms with E-state index < -0.39 is 4.92 Å². The number of rotatable bonds is 6.